The smallest absolute Gasteiger partial charge is 0.269 e. The number of carbonyl (C=O) groups is 2. The number of aryl methyl sites for hydroxylation is 1. The van der Waals surface area contributed by atoms with E-state index in [1.54, 1.807) is 16.5 Å². The molecule has 1 fully saturated rings. The molecule has 166 valence electrons. The van der Waals surface area contributed by atoms with Gasteiger partial charge in [-0.2, -0.15) is 0 Å². The second-order valence-electron chi connectivity index (χ2n) is 9.03. The summed E-state index contributed by atoms with van der Waals surface area (Å²) in [5.74, 6) is 0.517. The van der Waals surface area contributed by atoms with Gasteiger partial charge in [-0.15, -0.1) is 0 Å². The lowest BCUT2D eigenvalue weighted by Crippen LogP contribution is -2.60. The molecule has 1 aromatic heterocycles. The van der Waals surface area contributed by atoms with Gasteiger partial charge in [0.05, 0.1) is 24.5 Å². The molecule has 1 aliphatic rings. The molecule has 2 aromatic rings. The van der Waals surface area contributed by atoms with Crippen LogP contribution >= 0.6 is 0 Å². The first kappa shape index (κ1) is 22.4. The Bertz CT molecular complexity index is 1010. The zero-order valence-corrected chi connectivity index (χ0v) is 18.8. The topological polar surface area (TPSA) is 99.5 Å². The van der Waals surface area contributed by atoms with Crippen molar-refractivity contribution in [3.8, 4) is 5.75 Å². The number of imidazole rings is 1. The number of carbonyl (C=O) groups excluding carboxylic acids is 2. The first-order valence-electron chi connectivity index (χ1n) is 10.3. The molecule has 1 aromatic carbocycles. The van der Waals surface area contributed by atoms with Gasteiger partial charge < -0.3 is 25.2 Å². The molecular formula is C23H31N5O3. The molecule has 8 nitrogen and oxygen atoms in total. The van der Waals surface area contributed by atoms with E-state index in [4.69, 9.17) is 0 Å². The lowest BCUT2D eigenvalue weighted by Gasteiger charge is -2.38. The van der Waals surface area contributed by atoms with E-state index in [2.05, 4.69) is 43.0 Å². The van der Waals surface area contributed by atoms with Gasteiger partial charge in [0.15, 0.2) is 0 Å². The minimum atomic E-state index is -0.231. The first-order valence-corrected chi connectivity index (χ1v) is 10.3. The third-order valence-electron chi connectivity index (χ3n) is 5.62. The molecule has 3 rings (SSSR count). The molecule has 3 N–H and O–H groups in total. The van der Waals surface area contributed by atoms with Gasteiger partial charge in [-0.3, -0.25) is 9.59 Å². The summed E-state index contributed by atoms with van der Waals surface area (Å²) in [6.45, 7) is 13.0. The average molecular weight is 426 g/mol. The van der Waals surface area contributed by atoms with Gasteiger partial charge >= 0.3 is 0 Å². The minimum absolute atomic E-state index is 0.0449. The van der Waals surface area contributed by atoms with Crippen molar-refractivity contribution in [2.24, 2.45) is 7.05 Å². The van der Waals surface area contributed by atoms with Gasteiger partial charge in [0.1, 0.15) is 17.3 Å². The number of hydrogen-bond acceptors (Lipinski definition) is 5. The van der Waals surface area contributed by atoms with Gasteiger partial charge in [0.25, 0.3) is 5.91 Å². The predicted octanol–water partition coefficient (Wildman–Crippen LogP) is 2.47. The number of hydrogen-bond donors (Lipinski definition) is 3. The third-order valence-corrected chi connectivity index (χ3v) is 5.62. The van der Waals surface area contributed by atoms with Crippen LogP contribution in [0, 0.1) is 6.92 Å². The Labute approximate surface area is 183 Å². The molecule has 1 aliphatic heterocycles. The van der Waals surface area contributed by atoms with Crippen LogP contribution in [0.3, 0.4) is 0 Å². The fraction of sp³-hybridized carbons (Fsp3) is 0.435. The summed E-state index contributed by atoms with van der Waals surface area (Å²) in [6.07, 6.45) is 2.81. The molecule has 0 saturated carbocycles. The molecule has 31 heavy (non-hydrogen) atoms. The number of phenols is 1. The van der Waals surface area contributed by atoms with E-state index in [0.717, 1.165) is 11.1 Å². The van der Waals surface area contributed by atoms with Crippen molar-refractivity contribution >= 4 is 17.5 Å². The van der Waals surface area contributed by atoms with Crippen molar-refractivity contribution in [2.75, 3.05) is 18.4 Å². The molecule has 0 aliphatic carbocycles. The number of anilines is 1. The van der Waals surface area contributed by atoms with Crippen LogP contribution in [0.4, 0.5) is 5.69 Å². The van der Waals surface area contributed by atoms with Crippen LogP contribution < -0.4 is 10.6 Å². The molecular weight excluding hydrogens is 394 g/mol. The number of nitrogens with one attached hydrogen (secondary N) is 2. The van der Waals surface area contributed by atoms with E-state index >= 15 is 0 Å². The van der Waals surface area contributed by atoms with Crippen LogP contribution in [0.25, 0.3) is 0 Å². The number of phenolic OH excluding ortho intramolecular Hbond substituents is 1. The largest absolute Gasteiger partial charge is 0.506 e. The summed E-state index contributed by atoms with van der Waals surface area (Å²) >= 11 is 0. The Morgan fingerprint density at radius 1 is 1.32 bits per heavy atom. The molecule has 2 amide bonds. The van der Waals surface area contributed by atoms with Crippen molar-refractivity contribution in [1.82, 2.24) is 19.8 Å². The minimum Gasteiger partial charge on any atom is -0.506 e. The van der Waals surface area contributed by atoms with E-state index in [-0.39, 0.29) is 29.0 Å². The van der Waals surface area contributed by atoms with Crippen molar-refractivity contribution in [3.63, 3.8) is 0 Å². The summed E-state index contributed by atoms with van der Waals surface area (Å²) in [5, 5.41) is 16.6. The number of benzene rings is 1. The van der Waals surface area contributed by atoms with Gasteiger partial charge in [-0.05, 0) is 35.6 Å². The molecule has 1 saturated heterocycles. The normalized spacial score (nSPS) is 14.2. The highest BCUT2D eigenvalue weighted by molar-refractivity contribution is 5.93. The van der Waals surface area contributed by atoms with Crippen molar-refractivity contribution < 1.29 is 14.7 Å². The van der Waals surface area contributed by atoms with Crippen molar-refractivity contribution in [2.45, 2.75) is 45.7 Å². The van der Waals surface area contributed by atoms with Crippen LogP contribution in [0.5, 0.6) is 5.75 Å². The maximum absolute atomic E-state index is 12.6. The van der Waals surface area contributed by atoms with Crippen LogP contribution in [-0.2, 0) is 23.8 Å². The number of nitrogens with zero attached hydrogens (tertiary/aromatic N) is 3. The number of amides is 2. The maximum atomic E-state index is 12.6. The Morgan fingerprint density at radius 2 is 2.00 bits per heavy atom. The van der Waals surface area contributed by atoms with E-state index in [1.807, 2.05) is 19.1 Å². The Morgan fingerprint density at radius 3 is 2.61 bits per heavy atom. The SMILES string of the molecule is C=CC(=O)N1CC(NC(=O)c2cnc(CNc3cc(C(C)(C)C)cc(C)c3O)n2C)C1. The second kappa shape index (κ2) is 8.45. The molecule has 0 radical (unpaired) electrons. The molecule has 0 atom stereocenters. The summed E-state index contributed by atoms with van der Waals surface area (Å²) in [4.78, 5) is 30.1. The van der Waals surface area contributed by atoms with E-state index < -0.39 is 0 Å². The van der Waals surface area contributed by atoms with Crippen LogP contribution in [0.1, 0.15) is 48.2 Å². The zero-order chi connectivity index (χ0) is 22.9. The lowest BCUT2D eigenvalue weighted by atomic mass is 9.85. The molecule has 0 unspecified atom stereocenters. The summed E-state index contributed by atoms with van der Waals surface area (Å²) in [7, 11) is 1.78. The fourth-order valence-corrected chi connectivity index (χ4v) is 3.48. The number of rotatable bonds is 6. The average Bonchev–Trinajstić information content (AvgIpc) is 3.04. The summed E-state index contributed by atoms with van der Waals surface area (Å²) in [6, 6.07) is 3.87. The van der Waals surface area contributed by atoms with Gasteiger partial charge in [0.2, 0.25) is 5.91 Å². The highest BCUT2D eigenvalue weighted by Crippen LogP contribution is 2.34. The highest BCUT2D eigenvalue weighted by Gasteiger charge is 2.31. The second-order valence-corrected chi connectivity index (χ2v) is 9.03. The number of aromatic hydroxyl groups is 1. The summed E-state index contributed by atoms with van der Waals surface area (Å²) < 4.78 is 1.73. The molecule has 8 heteroatoms. The monoisotopic (exact) mass is 425 g/mol. The predicted molar refractivity (Wildman–Crippen MR) is 120 cm³/mol. The van der Waals surface area contributed by atoms with Gasteiger partial charge in [0, 0.05) is 20.1 Å². The molecule has 0 spiro atoms. The maximum Gasteiger partial charge on any atom is 0.269 e. The quantitative estimate of drug-likeness (QED) is 0.488. The zero-order valence-electron chi connectivity index (χ0n) is 18.8. The highest BCUT2D eigenvalue weighted by atomic mass is 16.3. The van der Waals surface area contributed by atoms with Crippen LogP contribution in [0.15, 0.2) is 31.0 Å². The van der Waals surface area contributed by atoms with Crippen LogP contribution in [0.2, 0.25) is 0 Å². The van der Waals surface area contributed by atoms with Gasteiger partial charge in [-0.1, -0.05) is 33.4 Å². The number of likely N-dealkylation sites (tertiary alicyclic amines) is 1. The Kier molecular flexibility index (Phi) is 6.10. The lowest BCUT2D eigenvalue weighted by molar-refractivity contribution is -0.130. The standard InChI is InChI=1S/C23H31N5O3/c1-7-20(29)28-12-16(13-28)26-22(31)18-10-25-19(27(18)6)11-24-17-9-15(23(3,4)5)8-14(2)21(17)30/h7-10,16,24,30H,1,11-13H2,2-6H3,(H,26,31). The summed E-state index contributed by atoms with van der Waals surface area (Å²) in [5.41, 5.74) is 2.96. The van der Waals surface area contributed by atoms with Crippen LogP contribution in [-0.4, -0.2) is 50.5 Å². The Hall–Kier alpha value is -3.29. The van der Waals surface area contributed by atoms with Crippen molar-refractivity contribution in [3.05, 3.63) is 53.6 Å². The fourth-order valence-electron chi connectivity index (χ4n) is 3.48. The van der Waals surface area contributed by atoms with E-state index in [1.165, 1.54) is 12.3 Å². The molecule has 2 heterocycles. The van der Waals surface area contributed by atoms with E-state index in [0.29, 0.717) is 36.8 Å². The van der Waals surface area contributed by atoms with E-state index in [9.17, 15) is 14.7 Å². The van der Waals surface area contributed by atoms with Gasteiger partial charge in [-0.25, -0.2) is 4.98 Å². The Balaban J connectivity index is 1.65. The first-order chi connectivity index (χ1) is 14.5. The number of aromatic nitrogens is 2. The third kappa shape index (κ3) is 4.73. The molecule has 0 bridgehead atoms. The van der Waals surface area contributed by atoms with Crippen molar-refractivity contribution in [1.29, 1.82) is 0 Å².